The van der Waals surface area contributed by atoms with Crippen LogP contribution in [0.5, 0.6) is 0 Å². The van der Waals surface area contributed by atoms with E-state index in [2.05, 4.69) is 4.72 Å². The van der Waals surface area contributed by atoms with Crippen molar-refractivity contribution in [2.24, 2.45) is 0 Å². The molecular formula is C17H14N2O3S. The van der Waals surface area contributed by atoms with E-state index in [1.165, 1.54) is 24.3 Å². The van der Waals surface area contributed by atoms with Crippen LogP contribution in [0.4, 0.5) is 0 Å². The molecule has 0 saturated carbocycles. The third kappa shape index (κ3) is 3.11. The average Bonchev–Trinajstić information content (AvgIpc) is 2.99. The third-order valence-electron chi connectivity index (χ3n) is 3.50. The van der Waals surface area contributed by atoms with Crippen molar-refractivity contribution in [2.45, 2.75) is 17.9 Å². The maximum absolute atomic E-state index is 12.4. The number of nitrogens with one attached hydrogen (secondary N) is 1. The van der Waals surface area contributed by atoms with Crippen LogP contribution in [0.3, 0.4) is 0 Å². The molecule has 0 saturated heterocycles. The fraction of sp³-hybridized carbons (Fsp3) is 0.118. The number of para-hydroxylation sites is 1. The third-order valence-corrected chi connectivity index (χ3v) is 5.05. The predicted molar refractivity (Wildman–Crippen MR) is 86.1 cm³/mol. The first-order chi connectivity index (χ1) is 11.0. The summed E-state index contributed by atoms with van der Waals surface area (Å²) in [5, 5.41) is 9.69. The fourth-order valence-electron chi connectivity index (χ4n) is 2.28. The van der Waals surface area contributed by atoms with E-state index in [0.717, 1.165) is 5.39 Å². The molecule has 0 aliphatic heterocycles. The van der Waals surface area contributed by atoms with E-state index in [9.17, 15) is 8.42 Å². The SMILES string of the molecule is C[C@H](NS(=O)(=O)c1ccc(C#N)cc1)c1cc2ccccc2o1. The van der Waals surface area contributed by atoms with E-state index < -0.39 is 16.1 Å². The van der Waals surface area contributed by atoms with Crippen molar-refractivity contribution in [2.75, 3.05) is 0 Å². The highest BCUT2D eigenvalue weighted by molar-refractivity contribution is 7.89. The minimum atomic E-state index is -3.69. The van der Waals surface area contributed by atoms with Crippen LogP contribution in [0.25, 0.3) is 11.0 Å². The van der Waals surface area contributed by atoms with Crippen molar-refractivity contribution >= 4 is 21.0 Å². The topological polar surface area (TPSA) is 83.1 Å². The van der Waals surface area contributed by atoms with E-state index >= 15 is 0 Å². The summed E-state index contributed by atoms with van der Waals surface area (Å²) in [7, 11) is -3.69. The molecule has 0 spiro atoms. The number of benzene rings is 2. The molecule has 1 heterocycles. The molecule has 0 aliphatic carbocycles. The lowest BCUT2D eigenvalue weighted by molar-refractivity contribution is 0.484. The predicted octanol–water partition coefficient (Wildman–Crippen LogP) is 3.34. The summed E-state index contributed by atoms with van der Waals surface area (Å²) < 4.78 is 33.1. The lowest BCUT2D eigenvalue weighted by Gasteiger charge is -2.12. The Labute approximate surface area is 134 Å². The minimum Gasteiger partial charge on any atom is -0.459 e. The molecule has 1 N–H and O–H groups in total. The summed E-state index contributed by atoms with van der Waals surface area (Å²) in [5.74, 6) is 0.545. The second-order valence-corrected chi connectivity index (χ2v) is 6.88. The molecule has 0 radical (unpaired) electrons. The van der Waals surface area contributed by atoms with Crippen LogP contribution in [0.2, 0.25) is 0 Å². The lowest BCUT2D eigenvalue weighted by atomic mass is 10.2. The Hall–Kier alpha value is -2.62. The molecule has 3 aromatic rings. The summed E-state index contributed by atoms with van der Waals surface area (Å²) in [6, 6.07) is 16.5. The van der Waals surface area contributed by atoms with Crippen molar-refractivity contribution in [3.8, 4) is 6.07 Å². The Kier molecular flexibility index (Phi) is 3.90. The number of nitrogens with zero attached hydrogens (tertiary/aromatic N) is 1. The van der Waals surface area contributed by atoms with E-state index in [0.29, 0.717) is 16.9 Å². The van der Waals surface area contributed by atoms with Gasteiger partial charge in [0.25, 0.3) is 0 Å². The molecule has 1 aromatic heterocycles. The summed E-state index contributed by atoms with van der Waals surface area (Å²) in [6.45, 7) is 1.72. The van der Waals surface area contributed by atoms with Crippen molar-refractivity contribution in [1.82, 2.24) is 4.72 Å². The monoisotopic (exact) mass is 326 g/mol. The van der Waals surface area contributed by atoms with Crippen molar-refractivity contribution < 1.29 is 12.8 Å². The van der Waals surface area contributed by atoms with Crippen molar-refractivity contribution in [3.05, 3.63) is 65.9 Å². The van der Waals surface area contributed by atoms with Crippen LogP contribution < -0.4 is 4.72 Å². The number of sulfonamides is 1. The largest absolute Gasteiger partial charge is 0.459 e. The van der Waals surface area contributed by atoms with E-state index in [4.69, 9.17) is 9.68 Å². The molecule has 3 rings (SSSR count). The molecule has 6 heteroatoms. The van der Waals surface area contributed by atoms with E-state index in [1.807, 2.05) is 36.4 Å². The summed E-state index contributed by atoms with van der Waals surface area (Å²) in [6.07, 6.45) is 0. The quantitative estimate of drug-likeness (QED) is 0.797. The first kappa shape index (κ1) is 15.3. The highest BCUT2D eigenvalue weighted by atomic mass is 32.2. The average molecular weight is 326 g/mol. The Bertz CT molecular complexity index is 950. The molecule has 0 aliphatic rings. The normalized spacial score (nSPS) is 12.9. The standard InChI is InChI=1S/C17H14N2O3S/c1-12(17-10-14-4-2-3-5-16(14)22-17)19-23(20,21)15-8-6-13(11-18)7-9-15/h2-10,12,19H,1H3/t12-/m0/s1. The lowest BCUT2D eigenvalue weighted by Crippen LogP contribution is -2.26. The van der Waals surface area contributed by atoms with Gasteiger partial charge in [0.05, 0.1) is 22.6 Å². The van der Waals surface area contributed by atoms with E-state index in [1.54, 1.807) is 6.92 Å². The molecule has 116 valence electrons. The maximum atomic E-state index is 12.4. The number of hydrogen-bond acceptors (Lipinski definition) is 4. The van der Waals surface area contributed by atoms with Gasteiger partial charge < -0.3 is 4.42 Å². The highest BCUT2D eigenvalue weighted by Gasteiger charge is 2.20. The van der Waals surface area contributed by atoms with Gasteiger partial charge in [-0.2, -0.15) is 5.26 Å². The van der Waals surface area contributed by atoms with Crippen LogP contribution in [0.1, 0.15) is 24.3 Å². The Morgan fingerprint density at radius 1 is 1.13 bits per heavy atom. The van der Waals surface area contributed by atoms with Gasteiger partial charge in [0, 0.05) is 5.39 Å². The summed E-state index contributed by atoms with van der Waals surface area (Å²) in [5.41, 5.74) is 1.13. The van der Waals surface area contributed by atoms with Gasteiger partial charge in [0.1, 0.15) is 11.3 Å². The number of furan rings is 1. The zero-order chi connectivity index (χ0) is 16.4. The van der Waals surface area contributed by atoms with Crippen molar-refractivity contribution in [3.63, 3.8) is 0 Å². The molecule has 1 atom stereocenters. The smallest absolute Gasteiger partial charge is 0.241 e. The van der Waals surface area contributed by atoms with E-state index in [-0.39, 0.29) is 4.90 Å². The zero-order valence-electron chi connectivity index (χ0n) is 12.4. The summed E-state index contributed by atoms with van der Waals surface area (Å²) >= 11 is 0. The Morgan fingerprint density at radius 2 is 1.83 bits per heavy atom. The van der Waals surface area contributed by atoms with Crippen LogP contribution in [-0.4, -0.2) is 8.42 Å². The van der Waals surface area contributed by atoms with Crippen molar-refractivity contribution in [1.29, 1.82) is 5.26 Å². The van der Waals surface area contributed by atoms with Gasteiger partial charge in [-0.15, -0.1) is 0 Å². The molecule has 2 aromatic carbocycles. The Balaban J connectivity index is 1.85. The van der Waals surface area contributed by atoms with Crippen LogP contribution in [0, 0.1) is 11.3 Å². The van der Waals surface area contributed by atoms with Gasteiger partial charge in [0.2, 0.25) is 10.0 Å². The van der Waals surface area contributed by atoms with Gasteiger partial charge in [-0.1, -0.05) is 18.2 Å². The second-order valence-electron chi connectivity index (χ2n) is 5.17. The summed E-state index contributed by atoms with van der Waals surface area (Å²) in [4.78, 5) is 0.111. The molecule has 5 nitrogen and oxygen atoms in total. The van der Waals surface area contributed by atoms with Gasteiger partial charge in [-0.05, 0) is 43.3 Å². The van der Waals surface area contributed by atoms with Crippen LogP contribution in [0.15, 0.2) is 63.9 Å². The van der Waals surface area contributed by atoms with Gasteiger partial charge >= 0.3 is 0 Å². The second kappa shape index (κ2) is 5.88. The maximum Gasteiger partial charge on any atom is 0.241 e. The first-order valence-corrected chi connectivity index (χ1v) is 8.49. The minimum absolute atomic E-state index is 0.111. The Morgan fingerprint density at radius 3 is 2.48 bits per heavy atom. The number of rotatable bonds is 4. The molecule has 0 fully saturated rings. The van der Waals surface area contributed by atoms with Gasteiger partial charge in [0.15, 0.2) is 0 Å². The fourth-order valence-corrected chi connectivity index (χ4v) is 3.50. The highest BCUT2D eigenvalue weighted by Crippen LogP contribution is 2.24. The molecular weight excluding hydrogens is 312 g/mol. The first-order valence-electron chi connectivity index (χ1n) is 7.00. The van der Waals surface area contributed by atoms with Crippen LogP contribution in [-0.2, 0) is 10.0 Å². The number of nitriles is 1. The van der Waals surface area contributed by atoms with Gasteiger partial charge in [-0.25, -0.2) is 13.1 Å². The molecule has 0 amide bonds. The zero-order valence-corrected chi connectivity index (χ0v) is 13.2. The molecule has 0 unspecified atom stereocenters. The number of fused-ring (bicyclic) bond motifs is 1. The van der Waals surface area contributed by atoms with Crippen LogP contribution >= 0.6 is 0 Å². The molecule has 23 heavy (non-hydrogen) atoms. The molecule has 0 bridgehead atoms. The number of hydrogen-bond donors (Lipinski definition) is 1. The van der Waals surface area contributed by atoms with Gasteiger partial charge in [-0.3, -0.25) is 0 Å².